The molecule has 0 unspecified atom stereocenters. The molecule has 1 aliphatic heterocycles. The zero-order valence-corrected chi connectivity index (χ0v) is 13.2. The highest BCUT2D eigenvalue weighted by Crippen LogP contribution is 2.22. The van der Waals surface area contributed by atoms with Crippen molar-refractivity contribution in [3.8, 4) is 0 Å². The maximum atomic E-state index is 12.4. The number of benzene rings is 1. The van der Waals surface area contributed by atoms with Crippen LogP contribution in [0.3, 0.4) is 0 Å². The molecule has 0 radical (unpaired) electrons. The van der Waals surface area contributed by atoms with Crippen LogP contribution in [0.4, 0.5) is 5.69 Å². The van der Waals surface area contributed by atoms with Gasteiger partial charge < -0.3 is 10.2 Å². The fourth-order valence-corrected chi connectivity index (χ4v) is 3.24. The number of para-hydroxylation sites is 1. The lowest BCUT2D eigenvalue weighted by Gasteiger charge is -2.17. The average Bonchev–Trinajstić information content (AvgIpc) is 2.75. The number of nitrogens with one attached hydrogen (secondary N) is 2. The summed E-state index contributed by atoms with van der Waals surface area (Å²) in [6, 6.07) is 9.91. The van der Waals surface area contributed by atoms with E-state index in [0.29, 0.717) is 6.54 Å². The van der Waals surface area contributed by atoms with E-state index in [4.69, 9.17) is 0 Å². The molecule has 1 aliphatic rings. The summed E-state index contributed by atoms with van der Waals surface area (Å²) in [6.45, 7) is 4.75. The molecular formula is C18H24N3O+. The van der Waals surface area contributed by atoms with Gasteiger partial charge in [0.15, 0.2) is 6.54 Å². The molecule has 1 saturated heterocycles. The number of rotatable bonds is 3. The van der Waals surface area contributed by atoms with Gasteiger partial charge in [-0.1, -0.05) is 18.2 Å². The number of amides is 1. The molecule has 0 aliphatic carbocycles. The smallest absolute Gasteiger partial charge is 0.279 e. The van der Waals surface area contributed by atoms with Crippen LogP contribution in [0.25, 0.3) is 10.9 Å². The normalized spacial score (nSPS) is 16.4. The predicted molar refractivity (Wildman–Crippen MR) is 89.1 cm³/mol. The van der Waals surface area contributed by atoms with E-state index in [0.717, 1.165) is 35.4 Å². The molecule has 0 atom stereocenters. The third kappa shape index (κ3) is 3.63. The summed E-state index contributed by atoms with van der Waals surface area (Å²) >= 11 is 0. The number of hydrogen-bond donors (Lipinski definition) is 2. The monoisotopic (exact) mass is 298 g/mol. The van der Waals surface area contributed by atoms with Crippen molar-refractivity contribution in [1.82, 2.24) is 4.98 Å². The lowest BCUT2D eigenvalue weighted by Crippen LogP contribution is -3.12. The molecule has 0 bridgehead atoms. The van der Waals surface area contributed by atoms with E-state index < -0.39 is 0 Å². The summed E-state index contributed by atoms with van der Waals surface area (Å²) in [4.78, 5) is 18.3. The number of likely N-dealkylation sites (tertiary alicyclic amines) is 1. The minimum absolute atomic E-state index is 0.104. The van der Waals surface area contributed by atoms with Crippen LogP contribution >= 0.6 is 0 Å². The molecule has 2 N–H and O–H groups in total. The first kappa shape index (κ1) is 15.0. The van der Waals surface area contributed by atoms with Crippen molar-refractivity contribution < 1.29 is 9.69 Å². The maximum absolute atomic E-state index is 12.4. The number of nitrogens with zero attached hydrogens (tertiary/aromatic N) is 1. The Morgan fingerprint density at radius 3 is 2.68 bits per heavy atom. The number of anilines is 1. The maximum Gasteiger partial charge on any atom is 0.279 e. The predicted octanol–water partition coefficient (Wildman–Crippen LogP) is 1.94. The van der Waals surface area contributed by atoms with Gasteiger partial charge >= 0.3 is 0 Å². The number of carbonyl (C=O) groups excluding carboxylic acids is 1. The number of fused-ring (bicyclic) bond motifs is 1. The van der Waals surface area contributed by atoms with E-state index in [1.165, 1.54) is 30.6 Å². The van der Waals surface area contributed by atoms with Crippen LogP contribution in [-0.2, 0) is 4.79 Å². The van der Waals surface area contributed by atoms with Gasteiger partial charge in [0.1, 0.15) is 0 Å². The summed E-state index contributed by atoms with van der Waals surface area (Å²) in [5, 5.41) is 4.10. The van der Waals surface area contributed by atoms with Crippen LogP contribution in [0.15, 0.2) is 30.3 Å². The Morgan fingerprint density at radius 2 is 1.91 bits per heavy atom. The summed E-state index contributed by atoms with van der Waals surface area (Å²) in [6.07, 6.45) is 5.08. The van der Waals surface area contributed by atoms with E-state index in [1.807, 2.05) is 37.3 Å². The Labute approximate surface area is 131 Å². The second kappa shape index (κ2) is 6.88. The standard InChI is InChI=1S/C18H23N3O/c1-14-12-17(15-8-4-5-9-16(15)19-14)20-18(22)13-21-10-6-2-3-7-11-21/h4-5,8-9,12H,2-3,6-7,10-11,13H2,1H3,(H,19,20,22)/p+1. The minimum atomic E-state index is 0.104. The van der Waals surface area contributed by atoms with Crippen LogP contribution in [0.2, 0.25) is 0 Å². The van der Waals surface area contributed by atoms with Crippen LogP contribution in [0.5, 0.6) is 0 Å². The van der Waals surface area contributed by atoms with Gasteiger partial charge in [-0.05, 0) is 44.7 Å². The number of hydrogen-bond acceptors (Lipinski definition) is 2. The second-order valence-corrected chi connectivity index (χ2v) is 6.22. The van der Waals surface area contributed by atoms with Crippen molar-refractivity contribution in [2.24, 2.45) is 0 Å². The van der Waals surface area contributed by atoms with Crippen LogP contribution in [0, 0.1) is 6.92 Å². The summed E-state index contributed by atoms with van der Waals surface area (Å²) in [7, 11) is 0. The molecule has 22 heavy (non-hydrogen) atoms. The summed E-state index contributed by atoms with van der Waals surface area (Å²) in [5.41, 5.74) is 2.73. The molecule has 0 spiro atoms. The fourth-order valence-electron chi connectivity index (χ4n) is 3.24. The van der Waals surface area contributed by atoms with Gasteiger partial charge in [-0.3, -0.25) is 9.78 Å². The van der Waals surface area contributed by atoms with Crippen molar-refractivity contribution in [1.29, 1.82) is 0 Å². The molecule has 3 rings (SSSR count). The fraction of sp³-hybridized carbons (Fsp3) is 0.444. The summed E-state index contributed by atoms with van der Waals surface area (Å²) in [5.74, 6) is 0.104. The van der Waals surface area contributed by atoms with Crippen LogP contribution < -0.4 is 10.2 Å². The third-order valence-electron chi connectivity index (χ3n) is 4.34. The molecule has 0 saturated carbocycles. The van der Waals surface area contributed by atoms with E-state index in [-0.39, 0.29) is 5.91 Å². The first-order valence-electron chi connectivity index (χ1n) is 8.22. The molecule has 1 fully saturated rings. The second-order valence-electron chi connectivity index (χ2n) is 6.22. The largest absolute Gasteiger partial charge is 0.327 e. The molecule has 4 nitrogen and oxygen atoms in total. The number of carbonyl (C=O) groups is 1. The first-order chi connectivity index (χ1) is 10.7. The number of quaternary nitrogens is 1. The van der Waals surface area contributed by atoms with Gasteiger partial charge in [0.25, 0.3) is 5.91 Å². The first-order valence-corrected chi connectivity index (χ1v) is 8.22. The Hall–Kier alpha value is -1.94. The molecule has 116 valence electrons. The molecule has 4 heteroatoms. The average molecular weight is 298 g/mol. The van der Waals surface area contributed by atoms with Crippen LogP contribution in [0.1, 0.15) is 31.4 Å². The highest BCUT2D eigenvalue weighted by atomic mass is 16.2. The molecule has 1 aromatic carbocycles. The van der Waals surface area contributed by atoms with Crippen molar-refractivity contribution in [3.05, 3.63) is 36.0 Å². The lowest BCUT2D eigenvalue weighted by atomic mass is 10.1. The van der Waals surface area contributed by atoms with Crippen molar-refractivity contribution in [2.75, 3.05) is 25.0 Å². The zero-order valence-electron chi connectivity index (χ0n) is 13.2. The Morgan fingerprint density at radius 1 is 1.18 bits per heavy atom. The summed E-state index contributed by atoms with van der Waals surface area (Å²) < 4.78 is 0. The number of pyridine rings is 1. The highest BCUT2D eigenvalue weighted by Gasteiger charge is 2.17. The Bertz CT molecular complexity index is 660. The van der Waals surface area contributed by atoms with Gasteiger partial charge in [0, 0.05) is 11.1 Å². The van der Waals surface area contributed by atoms with Gasteiger partial charge in [-0.15, -0.1) is 0 Å². The molecular weight excluding hydrogens is 274 g/mol. The Kier molecular flexibility index (Phi) is 4.68. The van der Waals surface area contributed by atoms with E-state index in [1.54, 1.807) is 0 Å². The third-order valence-corrected chi connectivity index (χ3v) is 4.34. The van der Waals surface area contributed by atoms with Crippen molar-refractivity contribution in [3.63, 3.8) is 0 Å². The number of aryl methyl sites for hydroxylation is 1. The van der Waals surface area contributed by atoms with E-state index in [2.05, 4.69) is 10.3 Å². The van der Waals surface area contributed by atoms with Crippen molar-refractivity contribution in [2.45, 2.75) is 32.6 Å². The number of aromatic nitrogens is 1. The lowest BCUT2D eigenvalue weighted by molar-refractivity contribution is -0.890. The van der Waals surface area contributed by atoms with Gasteiger partial charge in [0.05, 0.1) is 24.3 Å². The quantitative estimate of drug-likeness (QED) is 0.910. The molecule has 2 aromatic rings. The minimum Gasteiger partial charge on any atom is -0.327 e. The van der Waals surface area contributed by atoms with Crippen molar-refractivity contribution >= 4 is 22.5 Å². The topological polar surface area (TPSA) is 46.4 Å². The van der Waals surface area contributed by atoms with Gasteiger partial charge in [-0.25, -0.2) is 0 Å². The molecule has 1 aromatic heterocycles. The SMILES string of the molecule is Cc1cc(NC(=O)C[NH+]2CCCCCC2)c2ccccc2n1. The molecule has 2 heterocycles. The van der Waals surface area contributed by atoms with Gasteiger partial charge in [0.2, 0.25) is 0 Å². The zero-order chi connectivity index (χ0) is 15.4. The molecule has 1 amide bonds. The van der Waals surface area contributed by atoms with Gasteiger partial charge in [-0.2, -0.15) is 0 Å². The van der Waals surface area contributed by atoms with E-state index in [9.17, 15) is 4.79 Å². The van der Waals surface area contributed by atoms with Crippen LogP contribution in [-0.4, -0.2) is 30.5 Å². The van der Waals surface area contributed by atoms with E-state index >= 15 is 0 Å². The Balaban J connectivity index is 1.73. The highest BCUT2D eigenvalue weighted by molar-refractivity contribution is 6.01.